The molecule has 1 fully saturated rings. The Hall–Kier alpha value is -1.55. The third kappa shape index (κ3) is 3.74. The van der Waals surface area contributed by atoms with E-state index < -0.39 is 0 Å². The average Bonchev–Trinajstić information content (AvgIpc) is 2.35. The highest BCUT2D eigenvalue weighted by Crippen LogP contribution is 2.12. The zero-order valence-electron chi connectivity index (χ0n) is 10.7. The highest BCUT2D eigenvalue weighted by Gasteiger charge is 2.17. The van der Waals surface area contributed by atoms with Gasteiger partial charge in [-0.15, -0.1) is 0 Å². The van der Waals surface area contributed by atoms with E-state index in [4.69, 9.17) is 4.74 Å². The molecular formula is C14H20N2O2. The molecule has 0 aromatic heterocycles. The van der Waals surface area contributed by atoms with Gasteiger partial charge in [-0.1, -0.05) is 19.1 Å². The molecule has 1 amide bonds. The molecule has 2 rings (SSSR count). The number of rotatable bonds is 6. The van der Waals surface area contributed by atoms with E-state index in [1.165, 1.54) is 5.56 Å². The van der Waals surface area contributed by atoms with E-state index in [1.54, 1.807) is 0 Å². The molecule has 4 nitrogen and oxygen atoms in total. The molecule has 1 aromatic rings. The van der Waals surface area contributed by atoms with Crippen LogP contribution in [0.25, 0.3) is 0 Å². The number of amides is 1. The van der Waals surface area contributed by atoms with E-state index >= 15 is 0 Å². The Kier molecular flexibility index (Phi) is 4.59. The van der Waals surface area contributed by atoms with Crippen LogP contribution in [0.15, 0.2) is 24.3 Å². The van der Waals surface area contributed by atoms with Crippen LogP contribution in [0.5, 0.6) is 5.75 Å². The molecule has 0 atom stereocenters. The number of hydrogen-bond donors (Lipinski definition) is 2. The lowest BCUT2D eigenvalue weighted by Crippen LogP contribution is -2.48. The first-order chi connectivity index (χ1) is 8.78. The summed E-state index contributed by atoms with van der Waals surface area (Å²) >= 11 is 0. The maximum Gasteiger partial charge on any atom is 0.257 e. The zero-order valence-corrected chi connectivity index (χ0v) is 10.7. The number of nitrogens with one attached hydrogen (secondary N) is 2. The van der Waals surface area contributed by atoms with Crippen LogP contribution < -0.4 is 15.4 Å². The monoisotopic (exact) mass is 248 g/mol. The van der Waals surface area contributed by atoms with Gasteiger partial charge in [-0.2, -0.15) is 0 Å². The molecule has 18 heavy (non-hydrogen) atoms. The number of carbonyl (C=O) groups excluding carboxylic acids is 1. The molecule has 0 unspecified atom stereocenters. The number of benzene rings is 1. The smallest absolute Gasteiger partial charge is 0.257 e. The number of carbonyl (C=O) groups is 1. The molecule has 1 saturated heterocycles. The molecule has 2 N–H and O–H groups in total. The van der Waals surface area contributed by atoms with Crippen LogP contribution in [0.3, 0.4) is 0 Å². The van der Waals surface area contributed by atoms with Crippen LogP contribution in [-0.2, 0) is 11.2 Å². The first kappa shape index (κ1) is 12.9. The Labute approximate surface area is 108 Å². The van der Waals surface area contributed by atoms with Crippen LogP contribution >= 0.6 is 0 Å². The molecular weight excluding hydrogens is 228 g/mol. The van der Waals surface area contributed by atoms with Gasteiger partial charge in [0, 0.05) is 25.6 Å². The minimum atomic E-state index is -0.0542. The van der Waals surface area contributed by atoms with Crippen LogP contribution in [-0.4, -0.2) is 32.1 Å². The molecule has 98 valence electrons. The van der Waals surface area contributed by atoms with Gasteiger partial charge in [-0.05, 0) is 24.1 Å². The molecule has 0 bridgehead atoms. The second-order valence-electron chi connectivity index (χ2n) is 4.61. The van der Waals surface area contributed by atoms with E-state index in [1.807, 2.05) is 24.3 Å². The second-order valence-corrected chi connectivity index (χ2v) is 4.61. The Morgan fingerprint density at radius 1 is 1.39 bits per heavy atom. The molecule has 1 heterocycles. The number of aryl methyl sites for hydroxylation is 1. The van der Waals surface area contributed by atoms with E-state index in [2.05, 4.69) is 17.6 Å². The van der Waals surface area contributed by atoms with Crippen molar-refractivity contribution in [3.05, 3.63) is 29.8 Å². The molecule has 1 aromatic carbocycles. The number of hydrogen-bond acceptors (Lipinski definition) is 3. The Bertz CT molecular complexity index is 385. The van der Waals surface area contributed by atoms with Gasteiger partial charge in [0.15, 0.2) is 6.61 Å². The largest absolute Gasteiger partial charge is 0.484 e. The first-order valence-electron chi connectivity index (χ1n) is 6.47. The Balaban J connectivity index is 1.67. The lowest BCUT2D eigenvalue weighted by atomic mass is 10.0. The molecule has 0 aliphatic carbocycles. The summed E-state index contributed by atoms with van der Waals surface area (Å²) in [5, 5.41) is 6.04. The van der Waals surface area contributed by atoms with Gasteiger partial charge in [-0.25, -0.2) is 0 Å². The molecule has 1 aliphatic heterocycles. The van der Waals surface area contributed by atoms with Crippen molar-refractivity contribution < 1.29 is 9.53 Å². The van der Waals surface area contributed by atoms with Crippen molar-refractivity contribution >= 4 is 5.91 Å². The van der Waals surface area contributed by atoms with E-state index in [0.29, 0.717) is 5.92 Å². The van der Waals surface area contributed by atoms with Crippen molar-refractivity contribution in [3.63, 3.8) is 0 Å². The predicted molar refractivity (Wildman–Crippen MR) is 70.7 cm³/mol. The van der Waals surface area contributed by atoms with Gasteiger partial charge in [0.25, 0.3) is 5.91 Å². The van der Waals surface area contributed by atoms with Crippen molar-refractivity contribution in [1.82, 2.24) is 10.6 Å². The fourth-order valence-electron chi connectivity index (χ4n) is 1.77. The summed E-state index contributed by atoms with van der Waals surface area (Å²) in [6.45, 7) is 4.94. The van der Waals surface area contributed by atoms with Gasteiger partial charge in [0.2, 0.25) is 0 Å². The fraction of sp³-hybridized carbons (Fsp3) is 0.500. The molecule has 4 heteroatoms. The first-order valence-corrected chi connectivity index (χ1v) is 6.47. The SMILES string of the molecule is CCc1ccc(OCC(=O)NCC2CNC2)cc1. The van der Waals surface area contributed by atoms with E-state index in [-0.39, 0.29) is 12.5 Å². The fourth-order valence-corrected chi connectivity index (χ4v) is 1.77. The van der Waals surface area contributed by atoms with Crippen molar-refractivity contribution in [2.24, 2.45) is 5.92 Å². The minimum Gasteiger partial charge on any atom is -0.484 e. The van der Waals surface area contributed by atoms with Gasteiger partial charge < -0.3 is 15.4 Å². The van der Waals surface area contributed by atoms with Gasteiger partial charge in [0.05, 0.1) is 0 Å². The summed E-state index contributed by atoms with van der Waals surface area (Å²) in [6.07, 6.45) is 1.01. The summed E-state index contributed by atoms with van der Waals surface area (Å²) in [7, 11) is 0. The Morgan fingerprint density at radius 2 is 2.11 bits per heavy atom. The van der Waals surface area contributed by atoms with Crippen molar-refractivity contribution in [2.75, 3.05) is 26.2 Å². The summed E-state index contributed by atoms with van der Waals surface area (Å²) in [6, 6.07) is 7.85. The minimum absolute atomic E-state index is 0.0542. The predicted octanol–water partition coefficient (Wildman–Crippen LogP) is 0.963. The van der Waals surface area contributed by atoms with Crippen LogP contribution in [0.4, 0.5) is 0 Å². The summed E-state index contributed by atoms with van der Waals surface area (Å²) in [5.41, 5.74) is 1.27. The van der Waals surface area contributed by atoms with Crippen molar-refractivity contribution in [1.29, 1.82) is 0 Å². The lowest BCUT2D eigenvalue weighted by Gasteiger charge is -2.27. The molecule has 1 aliphatic rings. The van der Waals surface area contributed by atoms with Crippen molar-refractivity contribution in [2.45, 2.75) is 13.3 Å². The molecule has 0 spiro atoms. The maximum atomic E-state index is 11.5. The van der Waals surface area contributed by atoms with Gasteiger partial charge in [-0.3, -0.25) is 4.79 Å². The average molecular weight is 248 g/mol. The number of ether oxygens (including phenoxy) is 1. The summed E-state index contributed by atoms with van der Waals surface area (Å²) in [4.78, 5) is 11.5. The van der Waals surface area contributed by atoms with Crippen LogP contribution in [0.2, 0.25) is 0 Å². The maximum absolute atomic E-state index is 11.5. The van der Waals surface area contributed by atoms with Gasteiger partial charge >= 0.3 is 0 Å². The van der Waals surface area contributed by atoms with E-state index in [9.17, 15) is 4.79 Å². The standard InChI is InChI=1S/C14H20N2O2/c1-2-11-3-5-13(6-4-11)18-10-14(17)16-9-12-7-15-8-12/h3-6,12,15H,2,7-10H2,1H3,(H,16,17). The van der Waals surface area contributed by atoms with Crippen LogP contribution in [0, 0.1) is 5.92 Å². The zero-order chi connectivity index (χ0) is 12.8. The van der Waals surface area contributed by atoms with Gasteiger partial charge in [0.1, 0.15) is 5.75 Å². The molecule has 0 radical (unpaired) electrons. The summed E-state index contributed by atoms with van der Waals surface area (Å²) < 4.78 is 5.42. The highest BCUT2D eigenvalue weighted by molar-refractivity contribution is 5.77. The summed E-state index contributed by atoms with van der Waals surface area (Å²) in [5.74, 6) is 1.27. The Morgan fingerprint density at radius 3 is 2.67 bits per heavy atom. The second kappa shape index (κ2) is 6.40. The van der Waals surface area contributed by atoms with Crippen molar-refractivity contribution in [3.8, 4) is 5.75 Å². The topological polar surface area (TPSA) is 50.4 Å². The third-order valence-corrected chi connectivity index (χ3v) is 3.16. The van der Waals surface area contributed by atoms with Crippen LogP contribution in [0.1, 0.15) is 12.5 Å². The quantitative estimate of drug-likeness (QED) is 0.788. The van der Waals surface area contributed by atoms with E-state index in [0.717, 1.165) is 31.8 Å². The lowest BCUT2D eigenvalue weighted by molar-refractivity contribution is -0.123. The molecule has 0 saturated carbocycles. The normalized spacial score (nSPS) is 14.9. The third-order valence-electron chi connectivity index (χ3n) is 3.16. The highest BCUT2D eigenvalue weighted by atomic mass is 16.5.